The van der Waals surface area contributed by atoms with Crippen LogP contribution in [0.3, 0.4) is 0 Å². The minimum absolute atomic E-state index is 0.942. The van der Waals surface area contributed by atoms with Gasteiger partial charge in [-0.1, -0.05) is 84.9 Å². The second kappa shape index (κ2) is 10.8. The maximum Gasteiger partial charge on any atom is 0.0702 e. The van der Waals surface area contributed by atoms with Gasteiger partial charge in [0.05, 0.1) is 11.4 Å². The van der Waals surface area contributed by atoms with Crippen molar-refractivity contribution >= 4 is 32.3 Å². The van der Waals surface area contributed by atoms with Crippen molar-refractivity contribution in [2.75, 3.05) is 0 Å². The van der Waals surface area contributed by atoms with E-state index < -0.39 is 0 Å². The molecule has 3 nitrogen and oxygen atoms in total. The van der Waals surface area contributed by atoms with E-state index in [4.69, 9.17) is 0 Å². The van der Waals surface area contributed by atoms with Crippen LogP contribution in [0.15, 0.2) is 164 Å². The van der Waals surface area contributed by atoms with E-state index in [2.05, 4.69) is 124 Å². The summed E-state index contributed by atoms with van der Waals surface area (Å²) in [5.41, 5.74) is 11.1. The first-order chi connectivity index (χ1) is 22.8. The second-order valence-corrected chi connectivity index (χ2v) is 11.7. The molecular weight excluding hydrogens is 558 g/mol. The summed E-state index contributed by atoms with van der Waals surface area (Å²) in [4.78, 5) is 13.7. The van der Waals surface area contributed by atoms with E-state index in [0.29, 0.717) is 0 Å². The van der Waals surface area contributed by atoms with Crippen LogP contribution in [0.2, 0.25) is 0 Å². The third kappa shape index (κ3) is 4.41. The maximum absolute atomic E-state index is 4.69. The van der Waals surface area contributed by atoms with Crippen LogP contribution in [0.25, 0.3) is 88.2 Å². The molecular formula is C43H27N3. The van der Waals surface area contributed by atoms with Gasteiger partial charge in [0.1, 0.15) is 0 Å². The molecule has 0 spiro atoms. The van der Waals surface area contributed by atoms with Crippen molar-refractivity contribution in [1.82, 2.24) is 15.0 Å². The minimum Gasteiger partial charge on any atom is -0.264 e. The predicted molar refractivity (Wildman–Crippen MR) is 191 cm³/mol. The molecule has 0 atom stereocenters. The first-order valence-corrected chi connectivity index (χ1v) is 15.5. The maximum atomic E-state index is 4.69. The van der Waals surface area contributed by atoms with Gasteiger partial charge < -0.3 is 0 Å². The van der Waals surface area contributed by atoms with E-state index in [-0.39, 0.29) is 0 Å². The average molecular weight is 586 g/mol. The van der Waals surface area contributed by atoms with Crippen molar-refractivity contribution in [2.24, 2.45) is 0 Å². The number of rotatable bonds is 5. The Balaban J connectivity index is 1.27. The van der Waals surface area contributed by atoms with Crippen LogP contribution in [0.4, 0.5) is 0 Å². The normalized spacial score (nSPS) is 11.5. The quantitative estimate of drug-likeness (QED) is 0.189. The molecule has 3 aromatic heterocycles. The highest BCUT2D eigenvalue weighted by atomic mass is 14.7. The zero-order valence-corrected chi connectivity index (χ0v) is 24.9. The van der Waals surface area contributed by atoms with Gasteiger partial charge >= 0.3 is 0 Å². The number of benzene rings is 6. The summed E-state index contributed by atoms with van der Waals surface area (Å²) in [7, 11) is 0. The fourth-order valence-electron chi connectivity index (χ4n) is 6.85. The lowest BCUT2D eigenvalue weighted by atomic mass is 9.86. The lowest BCUT2D eigenvalue weighted by Gasteiger charge is -2.17. The van der Waals surface area contributed by atoms with E-state index in [0.717, 1.165) is 39.2 Å². The molecule has 0 radical (unpaired) electrons. The summed E-state index contributed by atoms with van der Waals surface area (Å²) < 4.78 is 0. The molecule has 214 valence electrons. The number of pyridine rings is 3. The molecule has 0 aliphatic rings. The van der Waals surface area contributed by atoms with Crippen molar-refractivity contribution in [2.45, 2.75) is 0 Å². The summed E-state index contributed by atoms with van der Waals surface area (Å²) in [6, 6.07) is 49.9. The number of hydrogen-bond acceptors (Lipinski definition) is 3. The molecule has 0 amide bonds. The Morgan fingerprint density at radius 3 is 1.48 bits per heavy atom. The highest BCUT2D eigenvalue weighted by molar-refractivity contribution is 6.27. The van der Waals surface area contributed by atoms with Gasteiger partial charge in [-0.3, -0.25) is 15.0 Å². The predicted octanol–water partition coefficient (Wildman–Crippen LogP) is 11.1. The molecule has 0 aliphatic heterocycles. The largest absolute Gasteiger partial charge is 0.264 e. The third-order valence-electron chi connectivity index (χ3n) is 9.00. The molecule has 0 saturated carbocycles. The molecule has 9 aromatic rings. The van der Waals surface area contributed by atoms with Gasteiger partial charge in [-0.25, -0.2) is 0 Å². The van der Waals surface area contributed by atoms with Gasteiger partial charge in [0.2, 0.25) is 0 Å². The molecule has 46 heavy (non-hydrogen) atoms. The highest BCUT2D eigenvalue weighted by Crippen LogP contribution is 2.43. The molecule has 0 N–H and O–H groups in total. The van der Waals surface area contributed by atoms with Gasteiger partial charge in [-0.2, -0.15) is 0 Å². The summed E-state index contributed by atoms with van der Waals surface area (Å²) in [5, 5.41) is 7.57. The monoisotopic (exact) mass is 585 g/mol. The first kappa shape index (κ1) is 26.2. The van der Waals surface area contributed by atoms with Gasteiger partial charge in [-0.05, 0) is 115 Å². The van der Waals surface area contributed by atoms with Gasteiger partial charge in [0.25, 0.3) is 0 Å². The van der Waals surface area contributed by atoms with Crippen LogP contribution in [0.1, 0.15) is 0 Å². The lowest BCUT2D eigenvalue weighted by Crippen LogP contribution is -1.92. The molecule has 0 saturated heterocycles. The Kier molecular flexibility index (Phi) is 6.14. The van der Waals surface area contributed by atoms with E-state index in [1.807, 2.05) is 55.1 Å². The van der Waals surface area contributed by atoms with Crippen LogP contribution in [-0.2, 0) is 0 Å². The van der Waals surface area contributed by atoms with Crippen molar-refractivity contribution in [3.8, 4) is 55.9 Å². The van der Waals surface area contributed by atoms with Crippen LogP contribution >= 0.6 is 0 Å². The first-order valence-electron chi connectivity index (χ1n) is 15.5. The van der Waals surface area contributed by atoms with E-state index >= 15 is 0 Å². The molecule has 6 aromatic carbocycles. The Hall–Kier alpha value is -6.19. The van der Waals surface area contributed by atoms with Crippen molar-refractivity contribution in [1.29, 1.82) is 0 Å². The Morgan fingerprint density at radius 1 is 0.348 bits per heavy atom. The molecule has 0 bridgehead atoms. The minimum atomic E-state index is 0.942. The van der Waals surface area contributed by atoms with Gasteiger partial charge in [-0.15, -0.1) is 0 Å². The summed E-state index contributed by atoms with van der Waals surface area (Å²) in [5.74, 6) is 0. The smallest absolute Gasteiger partial charge is 0.0702 e. The molecule has 9 rings (SSSR count). The lowest BCUT2D eigenvalue weighted by molar-refractivity contribution is 1.31. The van der Waals surface area contributed by atoms with E-state index in [9.17, 15) is 0 Å². The SMILES string of the molecule is c1ccc(-c2cc(-c3ccccn3)cc(-c3ccc4ccc5c(-c6cccc(-c7cccnc7)c6)ccc6ccc3c4c65)c2)nc1. The fourth-order valence-corrected chi connectivity index (χ4v) is 6.85. The molecule has 0 aliphatic carbocycles. The van der Waals surface area contributed by atoms with E-state index in [1.54, 1.807) is 0 Å². The van der Waals surface area contributed by atoms with Crippen LogP contribution in [-0.4, -0.2) is 15.0 Å². The number of hydrogen-bond donors (Lipinski definition) is 0. The topological polar surface area (TPSA) is 38.7 Å². The third-order valence-corrected chi connectivity index (χ3v) is 9.00. The summed E-state index contributed by atoms with van der Waals surface area (Å²) >= 11 is 0. The Labute approximate surface area is 266 Å². The van der Waals surface area contributed by atoms with Crippen molar-refractivity contribution in [3.05, 3.63) is 164 Å². The molecule has 3 heterocycles. The van der Waals surface area contributed by atoms with Crippen LogP contribution in [0, 0.1) is 0 Å². The second-order valence-electron chi connectivity index (χ2n) is 11.7. The van der Waals surface area contributed by atoms with Gasteiger partial charge in [0.15, 0.2) is 0 Å². The zero-order chi connectivity index (χ0) is 30.5. The van der Waals surface area contributed by atoms with Gasteiger partial charge in [0, 0.05) is 41.5 Å². The van der Waals surface area contributed by atoms with Crippen LogP contribution in [0.5, 0.6) is 0 Å². The van der Waals surface area contributed by atoms with Crippen LogP contribution < -0.4 is 0 Å². The summed E-state index contributed by atoms with van der Waals surface area (Å²) in [6.07, 6.45) is 7.44. The number of aromatic nitrogens is 3. The average Bonchev–Trinajstić information content (AvgIpc) is 3.14. The fraction of sp³-hybridized carbons (Fsp3) is 0. The number of nitrogens with zero attached hydrogens (tertiary/aromatic N) is 3. The molecule has 0 unspecified atom stereocenters. The van der Waals surface area contributed by atoms with Crippen molar-refractivity contribution < 1.29 is 0 Å². The highest BCUT2D eigenvalue weighted by Gasteiger charge is 2.17. The Bertz CT molecular complexity index is 2450. The zero-order valence-electron chi connectivity index (χ0n) is 24.9. The molecule has 3 heteroatoms. The standard InChI is InChI=1S/C43H27N3/c1-3-21-45-40(10-1)34-24-33(25-35(26-34)41-11-2-4-22-46-41)37-17-13-29-14-18-38-36(16-12-28-15-19-39(37)43(29)42(28)38)31-8-5-7-30(23-31)32-9-6-20-44-27-32/h1-27H. The summed E-state index contributed by atoms with van der Waals surface area (Å²) in [6.45, 7) is 0. The molecule has 0 fully saturated rings. The van der Waals surface area contributed by atoms with Crippen molar-refractivity contribution in [3.63, 3.8) is 0 Å². The van der Waals surface area contributed by atoms with E-state index in [1.165, 1.54) is 49.0 Å². The Morgan fingerprint density at radius 2 is 0.891 bits per heavy atom.